The van der Waals surface area contributed by atoms with Crippen LogP contribution in [0.3, 0.4) is 0 Å². The van der Waals surface area contributed by atoms with Crippen LogP contribution in [0.25, 0.3) is 0 Å². The van der Waals surface area contributed by atoms with Gasteiger partial charge in [-0.3, -0.25) is 4.79 Å². The predicted molar refractivity (Wildman–Crippen MR) is 71.6 cm³/mol. The summed E-state index contributed by atoms with van der Waals surface area (Å²) < 4.78 is 23.8. The zero-order chi connectivity index (χ0) is 15.4. The van der Waals surface area contributed by atoms with Crippen LogP contribution in [0.1, 0.15) is 10.4 Å². The van der Waals surface area contributed by atoms with Crippen molar-refractivity contribution in [3.8, 4) is 5.75 Å². The minimum atomic E-state index is -0.978. The Labute approximate surface area is 121 Å². The number of ether oxygens (including phenoxy) is 2. The van der Waals surface area contributed by atoms with Crippen LogP contribution in [-0.4, -0.2) is 55.2 Å². The van der Waals surface area contributed by atoms with E-state index in [4.69, 9.17) is 9.47 Å². The quantitative estimate of drug-likeness (QED) is 0.724. The number of aliphatic hydroxyl groups excluding tert-OH is 2. The molecule has 0 unspecified atom stereocenters. The van der Waals surface area contributed by atoms with Crippen LogP contribution in [0.4, 0.5) is 4.39 Å². The molecule has 3 atom stereocenters. The van der Waals surface area contributed by atoms with Crippen molar-refractivity contribution >= 4 is 5.91 Å². The monoisotopic (exact) mass is 299 g/mol. The third-order valence-electron chi connectivity index (χ3n) is 3.45. The Hall–Kier alpha value is -1.70. The van der Waals surface area contributed by atoms with E-state index in [0.29, 0.717) is 0 Å². The second kappa shape index (κ2) is 6.84. The first-order valence-electron chi connectivity index (χ1n) is 6.59. The summed E-state index contributed by atoms with van der Waals surface area (Å²) in [6.45, 7) is 0.364. The van der Waals surface area contributed by atoms with E-state index in [1.165, 1.54) is 25.3 Å². The molecule has 1 amide bonds. The molecule has 21 heavy (non-hydrogen) atoms. The topological polar surface area (TPSA) is 88.0 Å². The molecule has 1 fully saturated rings. The fourth-order valence-electron chi connectivity index (χ4n) is 2.19. The van der Waals surface area contributed by atoms with E-state index in [9.17, 15) is 19.4 Å². The normalized spacial score (nSPS) is 25.4. The van der Waals surface area contributed by atoms with Crippen LogP contribution in [0.5, 0.6) is 5.75 Å². The molecule has 1 aromatic rings. The van der Waals surface area contributed by atoms with Gasteiger partial charge < -0.3 is 25.0 Å². The van der Waals surface area contributed by atoms with Gasteiger partial charge in [0.05, 0.1) is 32.0 Å². The van der Waals surface area contributed by atoms with Gasteiger partial charge in [0, 0.05) is 12.5 Å². The van der Waals surface area contributed by atoms with Crippen molar-refractivity contribution in [3.05, 3.63) is 29.6 Å². The van der Waals surface area contributed by atoms with E-state index < -0.39 is 29.9 Å². The first-order chi connectivity index (χ1) is 10.0. The summed E-state index contributed by atoms with van der Waals surface area (Å²) in [4.78, 5) is 12.0. The molecule has 1 aliphatic heterocycles. The Morgan fingerprint density at radius 3 is 2.95 bits per heavy atom. The number of carbonyl (C=O) groups is 1. The largest absolute Gasteiger partial charge is 0.494 e. The van der Waals surface area contributed by atoms with E-state index in [1.54, 1.807) is 0 Å². The predicted octanol–water partition coefficient (Wildman–Crippen LogP) is -0.0677. The van der Waals surface area contributed by atoms with Gasteiger partial charge in [-0.15, -0.1) is 0 Å². The highest BCUT2D eigenvalue weighted by Gasteiger charge is 2.31. The molecule has 0 radical (unpaired) electrons. The number of carbonyl (C=O) groups excluding carboxylic acids is 1. The molecule has 0 bridgehead atoms. The number of hydrogen-bond acceptors (Lipinski definition) is 5. The number of amides is 1. The summed E-state index contributed by atoms with van der Waals surface area (Å²) >= 11 is 0. The van der Waals surface area contributed by atoms with E-state index in [-0.39, 0.29) is 31.1 Å². The molecule has 6 nitrogen and oxygen atoms in total. The number of hydrogen-bond donors (Lipinski definition) is 3. The second-order valence-electron chi connectivity index (χ2n) is 4.89. The number of benzene rings is 1. The highest BCUT2D eigenvalue weighted by atomic mass is 19.1. The number of halogens is 1. The van der Waals surface area contributed by atoms with Gasteiger partial charge in [-0.05, 0) is 12.1 Å². The van der Waals surface area contributed by atoms with E-state index >= 15 is 0 Å². The molecule has 0 aromatic heterocycles. The Balaban J connectivity index is 1.99. The summed E-state index contributed by atoms with van der Waals surface area (Å²) in [6, 6.07) is 4.27. The van der Waals surface area contributed by atoms with Crippen LogP contribution >= 0.6 is 0 Å². The van der Waals surface area contributed by atoms with Gasteiger partial charge in [0.25, 0.3) is 5.91 Å². The first-order valence-corrected chi connectivity index (χ1v) is 6.59. The smallest absolute Gasteiger partial charge is 0.254 e. The average Bonchev–Trinajstić information content (AvgIpc) is 2.48. The molecule has 1 heterocycles. The lowest BCUT2D eigenvalue weighted by Gasteiger charge is -2.31. The van der Waals surface area contributed by atoms with Gasteiger partial charge in [-0.2, -0.15) is 0 Å². The lowest BCUT2D eigenvalue weighted by molar-refractivity contribution is -0.118. The molecular formula is C14H18FNO5. The summed E-state index contributed by atoms with van der Waals surface area (Å²) in [5.74, 6) is -1.80. The highest BCUT2D eigenvalue weighted by molar-refractivity contribution is 5.94. The molecule has 2 rings (SSSR count). The minimum absolute atomic E-state index is 0.0147. The maximum Gasteiger partial charge on any atom is 0.254 e. The van der Waals surface area contributed by atoms with Crippen LogP contribution in [0.2, 0.25) is 0 Å². The first kappa shape index (κ1) is 15.7. The molecule has 0 spiro atoms. The lowest BCUT2D eigenvalue weighted by Crippen LogP contribution is -2.48. The molecule has 7 heteroatoms. The van der Waals surface area contributed by atoms with Crippen molar-refractivity contribution in [2.24, 2.45) is 5.92 Å². The van der Waals surface area contributed by atoms with Crippen molar-refractivity contribution in [2.75, 3.05) is 26.9 Å². The molecule has 0 aliphatic carbocycles. The van der Waals surface area contributed by atoms with Crippen LogP contribution in [0.15, 0.2) is 18.2 Å². The van der Waals surface area contributed by atoms with E-state index in [1.807, 2.05) is 0 Å². The number of aliphatic hydroxyl groups is 2. The highest BCUT2D eigenvalue weighted by Crippen LogP contribution is 2.20. The van der Waals surface area contributed by atoms with Gasteiger partial charge in [0.2, 0.25) is 0 Å². The molecule has 1 saturated heterocycles. The second-order valence-corrected chi connectivity index (χ2v) is 4.89. The minimum Gasteiger partial charge on any atom is -0.494 e. The van der Waals surface area contributed by atoms with Crippen molar-refractivity contribution in [2.45, 2.75) is 12.2 Å². The Morgan fingerprint density at radius 2 is 2.24 bits per heavy atom. The van der Waals surface area contributed by atoms with Crippen molar-refractivity contribution in [1.82, 2.24) is 5.32 Å². The molecular weight excluding hydrogens is 281 g/mol. The third-order valence-corrected chi connectivity index (χ3v) is 3.45. The molecule has 116 valence electrons. The van der Waals surface area contributed by atoms with Crippen molar-refractivity contribution in [1.29, 1.82) is 0 Å². The van der Waals surface area contributed by atoms with E-state index in [0.717, 1.165) is 0 Å². The maximum absolute atomic E-state index is 13.9. The van der Waals surface area contributed by atoms with Gasteiger partial charge in [-0.1, -0.05) is 6.07 Å². The van der Waals surface area contributed by atoms with Crippen LogP contribution < -0.4 is 10.1 Å². The summed E-state index contributed by atoms with van der Waals surface area (Å²) in [5.41, 5.74) is -0.138. The fraction of sp³-hybridized carbons (Fsp3) is 0.500. The zero-order valence-corrected chi connectivity index (χ0v) is 11.6. The summed E-state index contributed by atoms with van der Waals surface area (Å²) in [5, 5.41) is 21.8. The summed E-state index contributed by atoms with van der Waals surface area (Å²) in [7, 11) is 1.32. The molecule has 0 saturated carbocycles. The van der Waals surface area contributed by atoms with Crippen LogP contribution in [-0.2, 0) is 4.74 Å². The Morgan fingerprint density at radius 1 is 1.48 bits per heavy atom. The lowest BCUT2D eigenvalue weighted by atomic mass is 9.96. The van der Waals surface area contributed by atoms with Crippen molar-refractivity contribution in [3.63, 3.8) is 0 Å². The Kier molecular flexibility index (Phi) is 5.11. The Bertz CT molecular complexity index is 510. The van der Waals surface area contributed by atoms with Crippen LogP contribution in [0, 0.1) is 11.7 Å². The van der Waals surface area contributed by atoms with Gasteiger partial charge >= 0.3 is 0 Å². The summed E-state index contributed by atoms with van der Waals surface area (Å²) in [6.07, 6.45) is -1.96. The third kappa shape index (κ3) is 3.49. The number of nitrogens with one attached hydrogen (secondary N) is 1. The van der Waals surface area contributed by atoms with E-state index in [2.05, 4.69) is 5.32 Å². The maximum atomic E-state index is 13.9. The average molecular weight is 299 g/mol. The number of methoxy groups -OCH3 is 1. The van der Waals surface area contributed by atoms with Gasteiger partial charge in [0.1, 0.15) is 6.10 Å². The molecule has 1 aromatic carbocycles. The standard InChI is InChI=1S/C14H18FNO5/c1-20-11-4-2-3-9(12(11)15)14(19)16-5-8-6-21-7-10(17)13(8)18/h2-4,8,10,13,17-18H,5-7H2,1H3,(H,16,19)/t8-,10-,13+/m1/s1. The van der Waals surface area contributed by atoms with Gasteiger partial charge in [0.15, 0.2) is 11.6 Å². The number of rotatable bonds is 4. The molecule has 3 N–H and O–H groups in total. The fourth-order valence-corrected chi connectivity index (χ4v) is 2.19. The van der Waals surface area contributed by atoms with Gasteiger partial charge in [-0.25, -0.2) is 4.39 Å². The zero-order valence-electron chi connectivity index (χ0n) is 11.6. The van der Waals surface area contributed by atoms with Crippen molar-refractivity contribution < 1.29 is 28.9 Å². The SMILES string of the molecule is COc1cccc(C(=O)NC[C@@H]2COC[C@@H](O)[C@H]2O)c1F. The molecule has 1 aliphatic rings.